The van der Waals surface area contributed by atoms with Gasteiger partial charge in [-0.05, 0) is 31.3 Å². The number of carbonyl (C=O) groups is 1. The molecular weight excluding hydrogens is 250 g/mol. The van der Waals surface area contributed by atoms with Gasteiger partial charge in [-0.25, -0.2) is 0 Å². The lowest BCUT2D eigenvalue weighted by molar-refractivity contribution is -0.133. The quantitative estimate of drug-likeness (QED) is 0.669. The maximum absolute atomic E-state index is 12.5. The molecule has 0 aromatic heterocycles. The van der Waals surface area contributed by atoms with Crippen molar-refractivity contribution in [3.05, 3.63) is 0 Å². The molecule has 0 saturated heterocycles. The predicted octanol–water partition coefficient (Wildman–Crippen LogP) is 2.19. The lowest BCUT2D eigenvalue weighted by atomic mass is 10.0. The third-order valence-electron chi connectivity index (χ3n) is 3.52. The number of carbonyl (C=O) groups excluding carboxylic acids is 1. The normalized spacial score (nSPS) is 13.3. The molecule has 0 aliphatic rings. The topological polar surface area (TPSA) is 49.6 Å². The minimum atomic E-state index is -0.356. The zero-order valence-electron chi connectivity index (χ0n) is 14.4. The molecule has 120 valence electrons. The van der Waals surface area contributed by atoms with Crippen molar-refractivity contribution in [1.29, 1.82) is 0 Å². The molecule has 1 atom stereocenters. The number of amides is 1. The van der Waals surface area contributed by atoms with Crippen molar-refractivity contribution < 1.29 is 4.79 Å². The molecule has 0 aliphatic carbocycles. The average molecular weight is 285 g/mol. The molecule has 0 saturated carbocycles. The number of likely N-dealkylation sites (N-methyl/N-ethyl adjacent to an activating group) is 1. The van der Waals surface area contributed by atoms with E-state index in [9.17, 15) is 4.79 Å². The van der Waals surface area contributed by atoms with Gasteiger partial charge in [-0.15, -0.1) is 0 Å². The smallest absolute Gasteiger partial charge is 0.239 e. The molecule has 0 radical (unpaired) electrons. The largest absolute Gasteiger partial charge is 0.340 e. The minimum absolute atomic E-state index is 0.111. The highest BCUT2D eigenvalue weighted by atomic mass is 16.2. The zero-order chi connectivity index (χ0) is 15.7. The number of nitrogens with two attached hydrogens (primary N) is 1. The van der Waals surface area contributed by atoms with Crippen LogP contribution < -0.4 is 5.73 Å². The third kappa shape index (κ3) is 7.85. The van der Waals surface area contributed by atoms with E-state index in [0.717, 1.165) is 39.1 Å². The van der Waals surface area contributed by atoms with Crippen LogP contribution in [0.4, 0.5) is 0 Å². The maximum atomic E-state index is 12.5. The van der Waals surface area contributed by atoms with E-state index < -0.39 is 0 Å². The molecule has 4 heteroatoms. The highest BCUT2D eigenvalue weighted by molar-refractivity contribution is 5.81. The first-order valence-electron chi connectivity index (χ1n) is 8.08. The number of hydrogen-bond donors (Lipinski definition) is 1. The Balaban J connectivity index is 4.57. The van der Waals surface area contributed by atoms with Crippen LogP contribution >= 0.6 is 0 Å². The lowest BCUT2D eigenvalue weighted by Gasteiger charge is -2.30. The first kappa shape index (κ1) is 19.4. The molecule has 2 N–H and O–H groups in total. The summed E-state index contributed by atoms with van der Waals surface area (Å²) in [5.41, 5.74) is 6.06. The van der Waals surface area contributed by atoms with E-state index >= 15 is 0 Å². The SMILES string of the molecule is CCN(CC)CCN(CC(C)C)C(=O)[C@H](N)CC(C)C. The Hall–Kier alpha value is -0.610. The summed E-state index contributed by atoms with van der Waals surface area (Å²) < 4.78 is 0. The van der Waals surface area contributed by atoms with Gasteiger partial charge in [0.2, 0.25) is 5.91 Å². The average Bonchev–Trinajstić information content (AvgIpc) is 2.36. The Kier molecular flexibility index (Phi) is 9.86. The Morgan fingerprint density at radius 1 is 1.00 bits per heavy atom. The predicted molar refractivity (Wildman–Crippen MR) is 86.6 cm³/mol. The number of nitrogens with zero attached hydrogens (tertiary/aromatic N) is 2. The minimum Gasteiger partial charge on any atom is -0.340 e. The van der Waals surface area contributed by atoms with Gasteiger partial charge in [-0.2, -0.15) is 0 Å². The van der Waals surface area contributed by atoms with Gasteiger partial charge in [-0.3, -0.25) is 4.79 Å². The molecule has 0 rings (SSSR count). The Morgan fingerprint density at radius 3 is 1.95 bits per heavy atom. The highest BCUT2D eigenvalue weighted by Crippen LogP contribution is 2.08. The van der Waals surface area contributed by atoms with Gasteiger partial charge in [0, 0.05) is 19.6 Å². The van der Waals surface area contributed by atoms with Crippen molar-refractivity contribution in [1.82, 2.24) is 9.80 Å². The molecular formula is C16H35N3O. The Labute approximate surface area is 125 Å². The summed E-state index contributed by atoms with van der Waals surface area (Å²) >= 11 is 0. The van der Waals surface area contributed by atoms with E-state index in [0.29, 0.717) is 11.8 Å². The van der Waals surface area contributed by atoms with Crippen LogP contribution in [0, 0.1) is 11.8 Å². The first-order chi connectivity index (χ1) is 9.31. The fraction of sp³-hybridized carbons (Fsp3) is 0.938. The summed E-state index contributed by atoms with van der Waals surface area (Å²) in [6.45, 7) is 17.4. The van der Waals surface area contributed by atoms with E-state index in [1.165, 1.54) is 0 Å². The Bertz CT molecular complexity index is 262. The summed E-state index contributed by atoms with van der Waals surface area (Å²) in [7, 11) is 0. The van der Waals surface area contributed by atoms with Crippen molar-refractivity contribution in [3.63, 3.8) is 0 Å². The van der Waals surface area contributed by atoms with Crippen LogP contribution in [0.5, 0.6) is 0 Å². The molecule has 0 spiro atoms. The van der Waals surface area contributed by atoms with Gasteiger partial charge in [0.15, 0.2) is 0 Å². The molecule has 0 aliphatic heterocycles. The van der Waals surface area contributed by atoms with Gasteiger partial charge in [0.25, 0.3) is 0 Å². The summed E-state index contributed by atoms with van der Waals surface area (Å²) in [6.07, 6.45) is 0.763. The number of rotatable bonds is 10. The van der Waals surface area contributed by atoms with Crippen LogP contribution in [-0.4, -0.2) is 54.5 Å². The van der Waals surface area contributed by atoms with Crippen LogP contribution in [0.1, 0.15) is 48.0 Å². The van der Waals surface area contributed by atoms with Crippen molar-refractivity contribution in [3.8, 4) is 0 Å². The van der Waals surface area contributed by atoms with E-state index in [1.54, 1.807) is 0 Å². The molecule has 0 aromatic carbocycles. The van der Waals surface area contributed by atoms with Crippen LogP contribution in [0.25, 0.3) is 0 Å². The van der Waals surface area contributed by atoms with Gasteiger partial charge in [0.1, 0.15) is 0 Å². The number of hydrogen-bond acceptors (Lipinski definition) is 3. The molecule has 0 fully saturated rings. The van der Waals surface area contributed by atoms with E-state index in [4.69, 9.17) is 5.73 Å². The van der Waals surface area contributed by atoms with Gasteiger partial charge >= 0.3 is 0 Å². The molecule has 0 heterocycles. The van der Waals surface area contributed by atoms with E-state index in [1.807, 2.05) is 4.90 Å². The highest BCUT2D eigenvalue weighted by Gasteiger charge is 2.22. The second-order valence-corrected chi connectivity index (χ2v) is 6.44. The van der Waals surface area contributed by atoms with Gasteiger partial charge in [-0.1, -0.05) is 41.5 Å². The summed E-state index contributed by atoms with van der Waals surface area (Å²) in [5.74, 6) is 1.04. The second-order valence-electron chi connectivity index (χ2n) is 6.44. The summed E-state index contributed by atoms with van der Waals surface area (Å²) in [5, 5.41) is 0. The summed E-state index contributed by atoms with van der Waals surface area (Å²) in [4.78, 5) is 16.8. The molecule has 0 aromatic rings. The summed E-state index contributed by atoms with van der Waals surface area (Å²) in [6, 6.07) is -0.356. The van der Waals surface area contributed by atoms with Crippen LogP contribution in [0.3, 0.4) is 0 Å². The maximum Gasteiger partial charge on any atom is 0.239 e. The van der Waals surface area contributed by atoms with Crippen LogP contribution in [0.15, 0.2) is 0 Å². The first-order valence-corrected chi connectivity index (χ1v) is 8.08. The molecule has 0 bridgehead atoms. The Morgan fingerprint density at radius 2 is 1.55 bits per heavy atom. The molecule has 20 heavy (non-hydrogen) atoms. The van der Waals surface area contributed by atoms with Crippen molar-refractivity contribution in [2.24, 2.45) is 17.6 Å². The monoisotopic (exact) mass is 285 g/mol. The van der Waals surface area contributed by atoms with E-state index in [2.05, 4.69) is 46.4 Å². The van der Waals surface area contributed by atoms with Crippen molar-refractivity contribution in [2.75, 3.05) is 32.7 Å². The molecule has 4 nitrogen and oxygen atoms in total. The lowest BCUT2D eigenvalue weighted by Crippen LogP contribution is -2.48. The zero-order valence-corrected chi connectivity index (χ0v) is 14.4. The van der Waals surface area contributed by atoms with E-state index in [-0.39, 0.29) is 11.9 Å². The van der Waals surface area contributed by atoms with Crippen LogP contribution in [0.2, 0.25) is 0 Å². The molecule has 1 amide bonds. The van der Waals surface area contributed by atoms with Gasteiger partial charge < -0.3 is 15.5 Å². The van der Waals surface area contributed by atoms with Crippen molar-refractivity contribution >= 4 is 5.91 Å². The van der Waals surface area contributed by atoms with Crippen molar-refractivity contribution in [2.45, 2.75) is 54.0 Å². The fourth-order valence-electron chi connectivity index (χ4n) is 2.38. The third-order valence-corrected chi connectivity index (χ3v) is 3.52. The molecule has 0 unspecified atom stereocenters. The van der Waals surface area contributed by atoms with Crippen LogP contribution in [-0.2, 0) is 4.79 Å². The van der Waals surface area contributed by atoms with Gasteiger partial charge in [0.05, 0.1) is 6.04 Å². The fourth-order valence-corrected chi connectivity index (χ4v) is 2.38. The standard InChI is InChI=1S/C16H35N3O/c1-7-18(8-2)9-10-19(12-14(5)6)16(20)15(17)11-13(3)4/h13-15H,7-12,17H2,1-6H3/t15-/m1/s1. The second kappa shape index (κ2) is 10.2.